The van der Waals surface area contributed by atoms with Crippen LogP contribution in [0.4, 0.5) is 0 Å². The standard InChI is InChI=1S/C23H17NO6/c25-21(30-24-22(26)17-10-4-5-11-18(17)23(24)27)15-29-20-13-7-6-12-19(20)28-14-16-8-2-1-3-9-16/h1-13H,14-15H2. The van der Waals surface area contributed by atoms with Crippen LogP contribution in [0.3, 0.4) is 0 Å². The van der Waals surface area contributed by atoms with Gasteiger partial charge in [-0.1, -0.05) is 59.7 Å². The Morgan fingerprint density at radius 1 is 0.700 bits per heavy atom. The zero-order chi connectivity index (χ0) is 20.9. The highest BCUT2D eigenvalue weighted by Gasteiger charge is 2.38. The van der Waals surface area contributed by atoms with Crippen molar-refractivity contribution in [2.75, 3.05) is 6.61 Å². The highest BCUT2D eigenvalue weighted by molar-refractivity contribution is 6.20. The van der Waals surface area contributed by atoms with Crippen molar-refractivity contribution in [1.82, 2.24) is 5.06 Å². The molecule has 0 aromatic heterocycles. The van der Waals surface area contributed by atoms with Gasteiger partial charge in [0, 0.05) is 0 Å². The number of benzene rings is 3. The SMILES string of the molecule is O=C(COc1ccccc1OCc1ccccc1)ON1C(=O)c2ccccc2C1=O. The molecule has 0 spiro atoms. The van der Waals surface area contributed by atoms with E-state index in [1.165, 1.54) is 12.1 Å². The van der Waals surface area contributed by atoms with Gasteiger partial charge in [-0.25, -0.2) is 4.79 Å². The fourth-order valence-corrected chi connectivity index (χ4v) is 2.94. The van der Waals surface area contributed by atoms with Crippen molar-refractivity contribution in [3.8, 4) is 11.5 Å². The van der Waals surface area contributed by atoms with Crippen LogP contribution in [0.15, 0.2) is 78.9 Å². The molecule has 1 heterocycles. The van der Waals surface area contributed by atoms with E-state index in [4.69, 9.17) is 14.3 Å². The lowest BCUT2D eigenvalue weighted by molar-refractivity contribution is -0.170. The zero-order valence-electron chi connectivity index (χ0n) is 15.8. The quantitative estimate of drug-likeness (QED) is 0.563. The Kier molecular flexibility index (Phi) is 5.43. The molecule has 7 heteroatoms. The highest BCUT2D eigenvalue weighted by atomic mass is 16.7. The number of nitrogens with zero attached hydrogens (tertiary/aromatic N) is 1. The summed E-state index contributed by atoms with van der Waals surface area (Å²) in [4.78, 5) is 41.6. The van der Waals surface area contributed by atoms with Crippen LogP contribution >= 0.6 is 0 Å². The van der Waals surface area contributed by atoms with Gasteiger partial charge < -0.3 is 14.3 Å². The van der Waals surface area contributed by atoms with Crippen LogP contribution < -0.4 is 9.47 Å². The third kappa shape index (κ3) is 4.00. The fourth-order valence-electron chi connectivity index (χ4n) is 2.94. The Balaban J connectivity index is 1.36. The fraction of sp³-hybridized carbons (Fsp3) is 0.0870. The second-order valence-electron chi connectivity index (χ2n) is 6.42. The first-order valence-electron chi connectivity index (χ1n) is 9.20. The number of hydrogen-bond acceptors (Lipinski definition) is 6. The number of carbonyl (C=O) groups excluding carboxylic acids is 3. The lowest BCUT2D eigenvalue weighted by atomic mass is 10.1. The third-order valence-corrected chi connectivity index (χ3v) is 4.38. The predicted molar refractivity (Wildman–Crippen MR) is 106 cm³/mol. The van der Waals surface area contributed by atoms with Crippen LogP contribution in [-0.2, 0) is 16.2 Å². The molecule has 3 aromatic carbocycles. The number of ether oxygens (including phenoxy) is 2. The van der Waals surface area contributed by atoms with Crippen molar-refractivity contribution in [2.45, 2.75) is 6.61 Å². The van der Waals surface area contributed by atoms with Crippen molar-refractivity contribution >= 4 is 17.8 Å². The minimum absolute atomic E-state index is 0.191. The van der Waals surface area contributed by atoms with E-state index in [0.717, 1.165) is 5.56 Å². The first kappa shape index (κ1) is 19.2. The van der Waals surface area contributed by atoms with Gasteiger partial charge in [0.25, 0.3) is 11.8 Å². The van der Waals surface area contributed by atoms with E-state index in [2.05, 4.69) is 0 Å². The molecule has 0 N–H and O–H groups in total. The van der Waals surface area contributed by atoms with Crippen molar-refractivity contribution in [2.24, 2.45) is 0 Å². The lowest BCUT2D eigenvalue weighted by Gasteiger charge is -2.14. The molecule has 4 rings (SSSR count). The maximum Gasteiger partial charge on any atom is 0.370 e. The number of rotatable bonds is 7. The van der Waals surface area contributed by atoms with Crippen LogP contribution in [0.2, 0.25) is 0 Å². The Morgan fingerprint density at radius 3 is 1.87 bits per heavy atom. The van der Waals surface area contributed by atoms with E-state index in [9.17, 15) is 14.4 Å². The molecular formula is C23H17NO6. The number of hydrogen-bond donors (Lipinski definition) is 0. The normalized spacial score (nSPS) is 12.5. The van der Waals surface area contributed by atoms with Gasteiger partial charge in [-0.3, -0.25) is 9.59 Å². The molecular weight excluding hydrogens is 386 g/mol. The van der Waals surface area contributed by atoms with Gasteiger partial charge in [0.1, 0.15) is 6.61 Å². The number of para-hydroxylation sites is 2. The molecule has 0 aliphatic carbocycles. The maximum atomic E-state index is 12.3. The molecule has 1 aliphatic rings. The number of imide groups is 1. The molecule has 2 amide bonds. The Bertz CT molecular complexity index is 1060. The lowest BCUT2D eigenvalue weighted by Crippen LogP contribution is -2.34. The van der Waals surface area contributed by atoms with E-state index in [1.807, 2.05) is 30.3 Å². The topological polar surface area (TPSA) is 82.1 Å². The van der Waals surface area contributed by atoms with Crippen LogP contribution in [0.5, 0.6) is 11.5 Å². The zero-order valence-corrected chi connectivity index (χ0v) is 15.8. The van der Waals surface area contributed by atoms with Crippen LogP contribution in [0, 0.1) is 0 Å². The smallest absolute Gasteiger partial charge is 0.370 e. The van der Waals surface area contributed by atoms with E-state index in [0.29, 0.717) is 23.2 Å². The Hall–Kier alpha value is -4.13. The summed E-state index contributed by atoms with van der Waals surface area (Å²) >= 11 is 0. The summed E-state index contributed by atoms with van der Waals surface area (Å²) in [6.45, 7) is -0.167. The number of fused-ring (bicyclic) bond motifs is 1. The summed E-state index contributed by atoms with van der Waals surface area (Å²) in [6.07, 6.45) is 0. The average Bonchev–Trinajstić information content (AvgIpc) is 3.02. The van der Waals surface area contributed by atoms with Crippen LogP contribution in [0.1, 0.15) is 26.3 Å². The van der Waals surface area contributed by atoms with Gasteiger partial charge in [-0.2, -0.15) is 0 Å². The summed E-state index contributed by atoms with van der Waals surface area (Å²) in [6, 6.07) is 22.8. The van der Waals surface area contributed by atoms with Crippen LogP contribution in [-0.4, -0.2) is 29.5 Å². The summed E-state index contributed by atoms with van der Waals surface area (Å²) in [5, 5.41) is 0.453. The van der Waals surface area contributed by atoms with E-state index in [1.54, 1.807) is 36.4 Å². The summed E-state index contributed by atoms with van der Waals surface area (Å²) in [7, 11) is 0. The van der Waals surface area contributed by atoms with Crippen molar-refractivity contribution in [1.29, 1.82) is 0 Å². The Morgan fingerprint density at radius 2 is 1.23 bits per heavy atom. The van der Waals surface area contributed by atoms with Gasteiger partial charge >= 0.3 is 5.97 Å². The first-order valence-corrected chi connectivity index (χ1v) is 9.20. The van der Waals surface area contributed by atoms with Crippen molar-refractivity contribution in [3.63, 3.8) is 0 Å². The van der Waals surface area contributed by atoms with E-state index in [-0.39, 0.29) is 11.1 Å². The predicted octanol–water partition coefficient (Wildman–Crippen LogP) is 3.40. The molecule has 7 nitrogen and oxygen atoms in total. The van der Waals surface area contributed by atoms with Gasteiger partial charge in [-0.15, -0.1) is 0 Å². The number of carbonyl (C=O) groups is 3. The largest absolute Gasteiger partial charge is 0.485 e. The van der Waals surface area contributed by atoms with Crippen molar-refractivity contribution < 1.29 is 28.7 Å². The molecule has 0 bridgehead atoms. The van der Waals surface area contributed by atoms with Crippen molar-refractivity contribution in [3.05, 3.63) is 95.6 Å². The summed E-state index contributed by atoms with van der Waals surface area (Å²) in [5.41, 5.74) is 1.36. The molecule has 0 fully saturated rings. The summed E-state index contributed by atoms with van der Waals surface area (Å²) < 4.78 is 11.3. The molecule has 150 valence electrons. The summed E-state index contributed by atoms with van der Waals surface area (Å²) in [5.74, 6) is -1.46. The second kappa shape index (κ2) is 8.48. The molecule has 0 radical (unpaired) electrons. The van der Waals surface area contributed by atoms with Gasteiger partial charge in [0.05, 0.1) is 11.1 Å². The number of amides is 2. The molecule has 0 atom stereocenters. The molecule has 1 aliphatic heterocycles. The first-order chi connectivity index (χ1) is 14.6. The second-order valence-corrected chi connectivity index (χ2v) is 6.42. The molecule has 0 unspecified atom stereocenters. The minimum Gasteiger partial charge on any atom is -0.485 e. The molecule has 30 heavy (non-hydrogen) atoms. The van der Waals surface area contributed by atoms with E-state index < -0.39 is 24.4 Å². The molecule has 0 saturated heterocycles. The van der Waals surface area contributed by atoms with Crippen LogP contribution in [0.25, 0.3) is 0 Å². The molecule has 0 saturated carbocycles. The number of hydroxylamine groups is 2. The average molecular weight is 403 g/mol. The van der Waals surface area contributed by atoms with Gasteiger partial charge in [0.15, 0.2) is 18.1 Å². The molecule has 3 aromatic rings. The Labute approximate surface area is 172 Å². The van der Waals surface area contributed by atoms with Gasteiger partial charge in [-0.05, 0) is 29.8 Å². The third-order valence-electron chi connectivity index (χ3n) is 4.38. The van der Waals surface area contributed by atoms with E-state index >= 15 is 0 Å². The van der Waals surface area contributed by atoms with Gasteiger partial charge in [0.2, 0.25) is 0 Å². The minimum atomic E-state index is -0.887. The highest BCUT2D eigenvalue weighted by Crippen LogP contribution is 2.27. The maximum absolute atomic E-state index is 12.3. The monoisotopic (exact) mass is 403 g/mol.